The number of aromatic nitrogens is 2. The highest BCUT2D eigenvalue weighted by Gasteiger charge is 2.34. The maximum atomic E-state index is 10.9. The summed E-state index contributed by atoms with van der Waals surface area (Å²) in [4.78, 5) is 10.9. The fraction of sp³-hybridized carbons (Fsp3) is 0.333. The molecule has 0 amide bonds. The molecule has 1 fully saturated rings. The Bertz CT molecular complexity index is 661. The highest BCUT2D eigenvalue weighted by molar-refractivity contribution is 5.87. The number of hydrogen-bond donors (Lipinski definition) is 2. The fourth-order valence-electron chi connectivity index (χ4n) is 2.16. The van der Waals surface area contributed by atoms with E-state index in [2.05, 4.69) is 17.1 Å². The molecule has 110 valence electrons. The maximum absolute atomic E-state index is 10.9. The molecule has 1 aliphatic heterocycles. The molecule has 2 N–H and O–H groups in total. The number of hydrogen-bond acceptors (Lipinski definition) is 4. The van der Waals surface area contributed by atoms with E-state index in [1.54, 1.807) is 0 Å². The number of carboxylic acid groups (broad SMARTS) is 1. The molecule has 0 saturated carbocycles. The molecule has 0 spiro atoms. The zero-order valence-corrected chi connectivity index (χ0v) is 11.6. The highest BCUT2D eigenvalue weighted by atomic mass is 16.5. The van der Waals surface area contributed by atoms with Crippen molar-refractivity contribution >= 4 is 5.97 Å². The molecule has 0 unspecified atom stereocenters. The van der Waals surface area contributed by atoms with Gasteiger partial charge in [0.05, 0.1) is 25.5 Å². The van der Waals surface area contributed by atoms with Gasteiger partial charge in [0.15, 0.2) is 0 Å². The molecule has 3 rings (SSSR count). The first kappa shape index (κ1) is 13.6. The van der Waals surface area contributed by atoms with Gasteiger partial charge in [-0.2, -0.15) is 5.10 Å². The van der Waals surface area contributed by atoms with E-state index in [1.807, 2.05) is 24.3 Å². The third-order valence-electron chi connectivity index (χ3n) is 3.45. The molecule has 6 heteroatoms. The highest BCUT2D eigenvalue weighted by Crippen LogP contribution is 2.32. The molecule has 0 aliphatic carbocycles. The van der Waals surface area contributed by atoms with Crippen molar-refractivity contribution in [1.29, 1.82) is 0 Å². The van der Waals surface area contributed by atoms with Crippen molar-refractivity contribution in [2.75, 3.05) is 19.8 Å². The Morgan fingerprint density at radius 1 is 1.48 bits per heavy atom. The van der Waals surface area contributed by atoms with Crippen LogP contribution in [0.5, 0.6) is 5.75 Å². The summed E-state index contributed by atoms with van der Waals surface area (Å²) in [6.45, 7) is 4.05. The Labute approximate surface area is 121 Å². The second kappa shape index (κ2) is 5.21. The van der Waals surface area contributed by atoms with Crippen molar-refractivity contribution in [2.24, 2.45) is 5.41 Å². The van der Waals surface area contributed by atoms with Crippen LogP contribution in [0, 0.1) is 5.41 Å². The smallest absolute Gasteiger partial charge is 0.353 e. The molecule has 0 atom stereocenters. The third kappa shape index (κ3) is 2.75. The lowest BCUT2D eigenvalue weighted by Crippen LogP contribution is -2.44. The lowest BCUT2D eigenvalue weighted by molar-refractivity contribution is -0.120. The van der Waals surface area contributed by atoms with Crippen molar-refractivity contribution in [1.82, 2.24) is 10.2 Å². The van der Waals surface area contributed by atoms with Crippen LogP contribution < -0.4 is 4.74 Å². The molecule has 1 saturated heterocycles. The van der Waals surface area contributed by atoms with E-state index in [-0.39, 0.29) is 11.1 Å². The molecule has 2 aromatic rings. The van der Waals surface area contributed by atoms with Crippen LogP contribution in [0.25, 0.3) is 11.3 Å². The lowest BCUT2D eigenvalue weighted by atomic mass is 9.90. The van der Waals surface area contributed by atoms with Crippen LogP contribution in [0.2, 0.25) is 0 Å². The monoisotopic (exact) mass is 288 g/mol. The Balaban J connectivity index is 1.82. The van der Waals surface area contributed by atoms with Gasteiger partial charge in [0.1, 0.15) is 11.4 Å². The summed E-state index contributed by atoms with van der Waals surface area (Å²) in [6, 6.07) is 8.96. The zero-order chi connectivity index (χ0) is 14.9. The molecule has 1 aromatic carbocycles. The molecule has 0 bridgehead atoms. The molecular weight excluding hydrogens is 272 g/mol. The number of para-hydroxylation sites is 1. The summed E-state index contributed by atoms with van der Waals surface area (Å²) in [5.41, 5.74) is 1.42. The lowest BCUT2D eigenvalue weighted by Gasteiger charge is -2.37. The van der Waals surface area contributed by atoms with Gasteiger partial charge in [-0.25, -0.2) is 4.79 Å². The van der Waals surface area contributed by atoms with Gasteiger partial charge in [-0.1, -0.05) is 19.1 Å². The predicted octanol–water partition coefficient (Wildman–Crippen LogP) is 2.19. The number of benzene rings is 1. The predicted molar refractivity (Wildman–Crippen MR) is 75.4 cm³/mol. The van der Waals surface area contributed by atoms with Crippen LogP contribution in [0.4, 0.5) is 0 Å². The van der Waals surface area contributed by atoms with Crippen LogP contribution in [-0.2, 0) is 4.74 Å². The number of nitrogens with one attached hydrogen (secondary N) is 1. The number of nitrogens with zero attached hydrogens (tertiary/aromatic N) is 1. The number of H-pyrrole nitrogens is 1. The molecule has 1 aliphatic rings. The number of aromatic amines is 1. The fourth-order valence-corrected chi connectivity index (χ4v) is 2.16. The minimum atomic E-state index is -1.04. The van der Waals surface area contributed by atoms with Gasteiger partial charge >= 0.3 is 5.97 Å². The Morgan fingerprint density at radius 3 is 2.86 bits per heavy atom. The molecule has 6 nitrogen and oxygen atoms in total. The van der Waals surface area contributed by atoms with Gasteiger partial charge in [0.25, 0.3) is 0 Å². The van der Waals surface area contributed by atoms with Crippen LogP contribution in [0.1, 0.15) is 17.4 Å². The van der Waals surface area contributed by atoms with E-state index in [0.29, 0.717) is 31.3 Å². The van der Waals surface area contributed by atoms with E-state index in [9.17, 15) is 4.79 Å². The van der Waals surface area contributed by atoms with E-state index in [4.69, 9.17) is 14.6 Å². The van der Waals surface area contributed by atoms with Gasteiger partial charge in [-0.3, -0.25) is 5.10 Å². The van der Waals surface area contributed by atoms with E-state index < -0.39 is 5.97 Å². The van der Waals surface area contributed by atoms with E-state index in [1.165, 1.54) is 6.07 Å². The topological polar surface area (TPSA) is 84.4 Å². The molecule has 0 radical (unpaired) electrons. The summed E-state index contributed by atoms with van der Waals surface area (Å²) < 4.78 is 11.1. The van der Waals surface area contributed by atoms with Crippen molar-refractivity contribution in [3.8, 4) is 17.0 Å². The Hall–Kier alpha value is -2.34. The maximum Gasteiger partial charge on any atom is 0.353 e. The van der Waals surface area contributed by atoms with Crippen LogP contribution in [-0.4, -0.2) is 41.1 Å². The number of ether oxygens (including phenoxy) is 2. The second-order valence-corrected chi connectivity index (χ2v) is 5.56. The summed E-state index contributed by atoms with van der Waals surface area (Å²) in [5.74, 6) is -0.347. The van der Waals surface area contributed by atoms with Crippen molar-refractivity contribution in [3.05, 3.63) is 36.0 Å². The number of rotatable bonds is 5. The third-order valence-corrected chi connectivity index (χ3v) is 3.45. The summed E-state index contributed by atoms with van der Waals surface area (Å²) in [5, 5.41) is 15.5. The standard InChI is InChI=1S/C15H16N2O4/c1-15(7-20-8-15)9-21-13-5-3-2-4-10(13)11-6-12(14(18)19)17-16-11/h2-6H,7-9H2,1H3,(H,16,17)(H,18,19). The van der Waals surface area contributed by atoms with Gasteiger partial charge in [-0.05, 0) is 18.2 Å². The van der Waals surface area contributed by atoms with Gasteiger partial charge in [0.2, 0.25) is 0 Å². The van der Waals surface area contributed by atoms with Crippen LogP contribution in [0.15, 0.2) is 30.3 Å². The van der Waals surface area contributed by atoms with E-state index in [0.717, 1.165) is 5.56 Å². The second-order valence-electron chi connectivity index (χ2n) is 5.56. The SMILES string of the molecule is CC1(COc2ccccc2-c2cc(C(=O)O)[nH]n2)COC1. The van der Waals surface area contributed by atoms with E-state index >= 15 is 0 Å². The van der Waals surface area contributed by atoms with Crippen molar-refractivity contribution < 1.29 is 19.4 Å². The summed E-state index contributed by atoms with van der Waals surface area (Å²) in [7, 11) is 0. The van der Waals surface area contributed by atoms with Gasteiger partial charge in [0, 0.05) is 11.0 Å². The first-order chi connectivity index (χ1) is 10.1. The molecular formula is C15H16N2O4. The zero-order valence-electron chi connectivity index (χ0n) is 11.6. The Morgan fingerprint density at radius 2 is 2.24 bits per heavy atom. The van der Waals surface area contributed by atoms with Gasteiger partial charge < -0.3 is 14.6 Å². The molecule has 21 heavy (non-hydrogen) atoms. The first-order valence-corrected chi connectivity index (χ1v) is 6.66. The van der Waals surface area contributed by atoms with Crippen molar-refractivity contribution in [3.63, 3.8) is 0 Å². The number of carbonyl (C=O) groups is 1. The van der Waals surface area contributed by atoms with Gasteiger partial charge in [-0.15, -0.1) is 0 Å². The Kier molecular flexibility index (Phi) is 3.39. The summed E-state index contributed by atoms with van der Waals surface area (Å²) >= 11 is 0. The average Bonchev–Trinajstić information content (AvgIpc) is 2.93. The first-order valence-electron chi connectivity index (χ1n) is 6.66. The quantitative estimate of drug-likeness (QED) is 0.881. The normalized spacial score (nSPS) is 16.2. The average molecular weight is 288 g/mol. The van der Waals surface area contributed by atoms with Crippen LogP contribution >= 0.6 is 0 Å². The molecule has 2 heterocycles. The number of carboxylic acids is 1. The van der Waals surface area contributed by atoms with Crippen LogP contribution in [0.3, 0.4) is 0 Å². The largest absolute Gasteiger partial charge is 0.492 e. The minimum Gasteiger partial charge on any atom is -0.492 e. The van der Waals surface area contributed by atoms with Crippen molar-refractivity contribution in [2.45, 2.75) is 6.92 Å². The summed E-state index contributed by atoms with van der Waals surface area (Å²) in [6.07, 6.45) is 0. The number of aromatic carboxylic acids is 1. The minimum absolute atomic E-state index is 0.0465. The molecule has 1 aromatic heterocycles.